The van der Waals surface area contributed by atoms with Crippen molar-refractivity contribution in [3.8, 4) is 0 Å². The molecule has 2 nitrogen and oxygen atoms in total. The van der Waals surface area contributed by atoms with E-state index in [4.69, 9.17) is 4.74 Å². The lowest BCUT2D eigenvalue weighted by Crippen LogP contribution is -2.44. The third kappa shape index (κ3) is 4.02. The molecule has 0 heterocycles. The highest BCUT2D eigenvalue weighted by Gasteiger charge is 2.54. The van der Waals surface area contributed by atoms with Crippen LogP contribution in [0.25, 0.3) is 0 Å². The van der Waals surface area contributed by atoms with Crippen LogP contribution in [0.1, 0.15) is 76.8 Å². The van der Waals surface area contributed by atoms with E-state index in [0.29, 0.717) is 5.41 Å². The van der Waals surface area contributed by atoms with Crippen LogP contribution < -0.4 is 0 Å². The summed E-state index contributed by atoms with van der Waals surface area (Å²) in [6.45, 7) is 14.4. The molecule has 0 saturated heterocycles. The first kappa shape index (κ1) is 22.1. The lowest BCUT2D eigenvalue weighted by Gasteiger charge is -2.52. The molecule has 166 valence electrons. The van der Waals surface area contributed by atoms with Crippen molar-refractivity contribution in [1.82, 2.24) is 4.90 Å². The summed E-state index contributed by atoms with van der Waals surface area (Å²) in [7, 11) is 0. The van der Waals surface area contributed by atoms with Gasteiger partial charge in [0.1, 0.15) is 0 Å². The monoisotopic (exact) mass is 409 g/mol. The molecule has 5 atom stereocenters. The maximum atomic E-state index is 6.03. The lowest BCUT2D eigenvalue weighted by molar-refractivity contribution is 0.0409. The van der Waals surface area contributed by atoms with Crippen molar-refractivity contribution in [2.24, 2.45) is 23.2 Å². The van der Waals surface area contributed by atoms with Crippen LogP contribution in [0.3, 0.4) is 0 Å². The number of ether oxygens (including phenoxy) is 1. The van der Waals surface area contributed by atoms with Crippen LogP contribution in [-0.4, -0.2) is 37.7 Å². The Morgan fingerprint density at radius 2 is 1.93 bits per heavy atom. The van der Waals surface area contributed by atoms with E-state index in [1.165, 1.54) is 38.5 Å². The van der Waals surface area contributed by atoms with E-state index < -0.39 is 0 Å². The Balaban J connectivity index is 1.45. The third-order valence-corrected chi connectivity index (χ3v) is 9.08. The van der Waals surface area contributed by atoms with Crippen molar-refractivity contribution >= 4 is 0 Å². The molecule has 0 bridgehead atoms. The molecule has 2 fully saturated rings. The minimum absolute atomic E-state index is 0.406. The number of hydrogen-bond donors (Lipinski definition) is 0. The quantitative estimate of drug-likeness (QED) is 0.361. The predicted molar refractivity (Wildman–Crippen MR) is 127 cm³/mol. The van der Waals surface area contributed by atoms with Gasteiger partial charge >= 0.3 is 0 Å². The molecule has 4 rings (SSSR count). The second-order valence-corrected chi connectivity index (χ2v) is 10.2. The Morgan fingerprint density at radius 3 is 2.70 bits per heavy atom. The zero-order valence-electron chi connectivity index (χ0n) is 19.8. The van der Waals surface area contributed by atoms with Crippen LogP contribution in [0.4, 0.5) is 0 Å². The van der Waals surface area contributed by atoms with Gasteiger partial charge in [-0.2, -0.15) is 0 Å². The van der Waals surface area contributed by atoms with E-state index >= 15 is 0 Å². The second kappa shape index (κ2) is 9.57. The Labute approximate surface area is 185 Å². The number of fused-ring (bicyclic) bond motifs is 5. The van der Waals surface area contributed by atoms with E-state index in [-0.39, 0.29) is 0 Å². The first-order chi connectivity index (χ1) is 14.6. The smallest absolute Gasteiger partial charge is 0.0650 e. The first-order valence-corrected chi connectivity index (χ1v) is 12.7. The summed E-state index contributed by atoms with van der Waals surface area (Å²) < 4.78 is 6.03. The molecule has 1 aromatic rings. The number of likely N-dealkylation sites (N-methyl/N-ethyl adjacent to an activating group) is 1. The fourth-order valence-electron chi connectivity index (χ4n) is 7.29. The Hall–Kier alpha value is -1.12. The second-order valence-electron chi connectivity index (χ2n) is 10.2. The molecule has 3 aliphatic rings. The van der Waals surface area contributed by atoms with Gasteiger partial charge in [-0.1, -0.05) is 70.0 Å². The van der Waals surface area contributed by atoms with E-state index in [2.05, 4.69) is 62.9 Å². The molecule has 0 radical (unpaired) electrons. The van der Waals surface area contributed by atoms with E-state index in [1.54, 1.807) is 16.7 Å². The molecule has 0 amide bonds. The first-order valence-electron chi connectivity index (χ1n) is 12.7. The van der Waals surface area contributed by atoms with Crippen molar-refractivity contribution in [3.63, 3.8) is 0 Å². The minimum atomic E-state index is 0.406. The highest BCUT2D eigenvalue weighted by atomic mass is 16.5. The summed E-state index contributed by atoms with van der Waals surface area (Å²) >= 11 is 0. The van der Waals surface area contributed by atoms with E-state index in [0.717, 1.165) is 56.5 Å². The van der Waals surface area contributed by atoms with Gasteiger partial charge in [0.2, 0.25) is 0 Å². The molecule has 0 aromatic heterocycles. The van der Waals surface area contributed by atoms with Crippen LogP contribution in [0.15, 0.2) is 35.9 Å². The van der Waals surface area contributed by atoms with Crippen molar-refractivity contribution in [3.05, 3.63) is 47.0 Å². The summed E-state index contributed by atoms with van der Waals surface area (Å²) in [5.41, 5.74) is 5.45. The van der Waals surface area contributed by atoms with Gasteiger partial charge < -0.3 is 9.64 Å². The van der Waals surface area contributed by atoms with Gasteiger partial charge in [-0.15, -0.1) is 0 Å². The molecule has 2 saturated carbocycles. The Bertz CT molecular complexity index is 736. The average molecular weight is 410 g/mol. The third-order valence-electron chi connectivity index (χ3n) is 9.08. The normalized spacial score (nSPS) is 34.1. The molecular formula is C28H43NO. The molecular weight excluding hydrogens is 366 g/mol. The zero-order chi connectivity index (χ0) is 21.1. The topological polar surface area (TPSA) is 12.5 Å². The summed E-state index contributed by atoms with van der Waals surface area (Å²) in [5, 5.41) is 0. The molecule has 1 aromatic carbocycles. The van der Waals surface area contributed by atoms with Gasteiger partial charge in [-0.25, -0.2) is 0 Å². The molecule has 30 heavy (non-hydrogen) atoms. The van der Waals surface area contributed by atoms with Crippen molar-refractivity contribution < 1.29 is 4.74 Å². The lowest BCUT2D eigenvalue weighted by atomic mass is 9.52. The van der Waals surface area contributed by atoms with Crippen LogP contribution in [0.5, 0.6) is 0 Å². The van der Waals surface area contributed by atoms with Crippen molar-refractivity contribution in [1.29, 1.82) is 0 Å². The summed E-state index contributed by atoms with van der Waals surface area (Å²) in [6, 6.07) is 9.36. The summed E-state index contributed by atoms with van der Waals surface area (Å²) in [4.78, 5) is 2.44. The number of benzene rings is 1. The molecule has 0 aliphatic heterocycles. The maximum Gasteiger partial charge on any atom is 0.0650 e. The maximum absolute atomic E-state index is 6.03. The van der Waals surface area contributed by atoms with Gasteiger partial charge in [-0.3, -0.25) is 0 Å². The van der Waals surface area contributed by atoms with Gasteiger partial charge in [-0.05, 0) is 85.4 Å². The van der Waals surface area contributed by atoms with Crippen molar-refractivity contribution in [2.75, 3.05) is 32.8 Å². The number of hydrogen-bond acceptors (Lipinski definition) is 2. The van der Waals surface area contributed by atoms with Gasteiger partial charge in [0.05, 0.1) is 13.2 Å². The molecule has 0 N–H and O–H groups in total. The molecule has 2 heteroatoms. The SMILES string of the molecule is CCC1Cc2ccccc2[C@H]2CC[C@]3(C)C(=CCOCCN(CC)CC)CC[C@H]3[C@H]12. The van der Waals surface area contributed by atoms with Gasteiger partial charge in [0.15, 0.2) is 0 Å². The average Bonchev–Trinajstić information content (AvgIpc) is 3.11. The fraction of sp³-hybridized carbons (Fsp3) is 0.714. The Kier molecular flexibility index (Phi) is 7.05. The van der Waals surface area contributed by atoms with Crippen LogP contribution in [0, 0.1) is 23.2 Å². The zero-order valence-corrected chi connectivity index (χ0v) is 19.8. The van der Waals surface area contributed by atoms with E-state index in [1.807, 2.05) is 0 Å². The number of nitrogens with zero attached hydrogens (tertiary/aromatic N) is 1. The van der Waals surface area contributed by atoms with Gasteiger partial charge in [0, 0.05) is 6.54 Å². The Morgan fingerprint density at radius 1 is 1.13 bits per heavy atom. The fourth-order valence-corrected chi connectivity index (χ4v) is 7.29. The van der Waals surface area contributed by atoms with E-state index in [9.17, 15) is 0 Å². The van der Waals surface area contributed by atoms with Crippen LogP contribution >= 0.6 is 0 Å². The molecule has 3 aliphatic carbocycles. The summed E-state index contributed by atoms with van der Waals surface area (Å²) in [5.74, 6) is 3.39. The minimum Gasteiger partial charge on any atom is -0.376 e. The highest BCUT2D eigenvalue weighted by Crippen LogP contribution is 2.64. The summed E-state index contributed by atoms with van der Waals surface area (Å²) in [6.07, 6.45) is 10.5. The highest BCUT2D eigenvalue weighted by molar-refractivity contribution is 5.37. The predicted octanol–water partition coefficient (Wildman–Crippen LogP) is 6.46. The largest absolute Gasteiger partial charge is 0.376 e. The van der Waals surface area contributed by atoms with Crippen LogP contribution in [0.2, 0.25) is 0 Å². The molecule has 0 spiro atoms. The van der Waals surface area contributed by atoms with Crippen molar-refractivity contribution in [2.45, 2.75) is 72.1 Å². The van der Waals surface area contributed by atoms with Crippen LogP contribution in [-0.2, 0) is 11.2 Å². The van der Waals surface area contributed by atoms with Gasteiger partial charge in [0.25, 0.3) is 0 Å². The number of rotatable bonds is 8. The number of allylic oxidation sites excluding steroid dienone is 1. The standard InChI is InChI=1S/C28H43NO/c1-5-21-20-22-10-8-9-11-24(22)25-14-16-28(4)23(12-13-26(28)27(21)25)15-18-30-19-17-29(6-2)7-3/h8-11,15,21,25-27H,5-7,12-14,16-20H2,1-4H3/t21?,25-,26+,27-,28-/m1/s1. The molecule has 1 unspecified atom stereocenters.